The van der Waals surface area contributed by atoms with Crippen molar-refractivity contribution in [3.05, 3.63) is 23.5 Å². The Hall–Kier alpha value is -1.33. The van der Waals surface area contributed by atoms with Crippen LogP contribution in [0.2, 0.25) is 0 Å². The van der Waals surface area contributed by atoms with E-state index in [-0.39, 0.29) is 61.2 Å². The molecule has 2 N–H and O–H groups in total. The Balaban J connectivity index is 2.20. The number of carbonyl (C=O) groups excluding carboxylic acids is 1. The highest BCUT2D eigenvalue weighted by molar-refractivity contribution is 5.96. The predicted molar refractivity (Wildman–Crippen MR) is 109 cm³/mol. The molecule has 0 amide bonds. The maximum absolute atomic E-state index is 11.6. The molecule has 2 rings (SSSR count). The van der Waals surface area contributed by atoms with E-state index in [2.05, 4.69) is 11.5 Å². The molecule has 2 fully saturated rings. The van der Waals surface area contributed by atoms with Crippen LogP contribution in [0.3, 0.4) is 0 Å². The third-order valence-electron chi connectivity index (χ3n) is 5.79. The summed E-state index contributed by atoms with van der Waals surface area (Å²) in [5.74, 6) is -0.524. The molecule has 0 spiro atoms. The molecule has 9 nitrogen and oxygen atoms in total. The van der Waals surface area contributed by atoms with Gasteiger partial charge in [0.1, 0.15) is 11.9 Å². The molecule has 0 saturated carbocycles. The number of Topliss-reactive ketones (excluding diaryl/α,β-unsaturated/α-hetero) is 1. The molecule has 2 aliphatic heterocycles. The number of aliphatic hydroxyl groups is 2. The number of nitrogens with zero attached hydrogens (tertiary/aromatic N) is 1. The van der Waals surface area contributed by atoms with E-state index in [1.807, 2.05) is 6.92 Å². The molecule has 0 aliphatic carbocycles. The summed E-state index contributed by atoms with van der Waals surface area (Å²) in [7, 11) is 3.20. The third-order valence-corrected chi connectivity index (χ3v) is 5.79. The highest BCUT2D eigenvalue weighted by Crippen LogP contribution is 2.33. The monoisotopic (exact) mass is 429 g/mol. The summed E-state index contributed by atoms with van der Waals surface area (Å²) in [6, 6.07) is -0.140. The zero-order chi connectivity index (χ0) is 22.4. The van der Waals surface area contributed by atoms with Crippen molar-refractivity contribution in [3.8, 4) is 0 Å². The van der Waals surface area contributed by atoms with Crippen LogP contribution in [0.15, 0.2) is 23.5 Å². The first-order valence-corrected chi connectivity index (χ1v) is 10.2. The normalized spacial score (nSPS) is 29.8. The molecule has 0 aromatic rings. The van der Waals surface area contributed by atoms with Gasteiger partial charge in [-0.2, -0.15) is 0 Å². The second-order valence-corrected chi connectivity index (χ2v) is 7.61. The number of hydrogen-bond acceptors (Lipinski definition) is 9. The van der Waals surface area contributed by atoms with Crippen molar-refractivity contribution >= 4 is 5.78 Å². The fourth-order valence-corrected chi connectivity index (χ4v) is 3.82. The molecule has 172 valence electrons. The van der Waals surface area contributed by atoms with Gasteiger partial charge >= 0.3 is 0 Å². The number of allylic oxidation sites excluding steroid dienone is 1. The third kappa shape index (κ3) is 5.47. The highest BCUT2D eigenvalue weighted by atomic mass is 16.7. The molecule has 0 aromatic carbocycles. The van der Waals surface area contributed by atoms with Crippen LogP contribution in [-0.4, -0.2) is 98.4 Å². The predicted octanol–water partition coefficient (Wildman–Crippen LogP) is 1.16. The molecular weight excluding hydrogens is 394 g/mol. The van der Waals surface area contributed by atoms with Crippen molar-refractivity contribution in [1.29, 1.82) is 0 Å². The number of morpholine rings is 1. The molecule has 0 radical (unpaired) electrons. The maximum Gasteiger partial charge on any atom is 0.197 e. The first-order chi connectivity index (χ1) is 14.3. The first-order valence-electron chi connectivity index (χ1n) is 10.2. The Morgan fingerprint density at radius 2 is 2.03 bits per heavy atom. The lowest BCUT2D eigenvalue weighted by Gasteiger charge is -2.37. The van der Waals surface area contributed by atoms with E-state index in [1.165, 1.54) is 6.92 Å². The number of hydrogen-bond donors (Lipinski definition) is 2. The molecule has 9 heteroatoms. The van der Waals surface area contributed by atoms with E-state index >= 15 is 0 Å². The maximum atomic E-state index is 11.6. The van der Waals surface area contributed by atoms with Crippen LogP contribution in [-0.2, 0) is 28.5 Å². The van der Waals surface area contributed by atoms with Crippen LogP contribution in [0, 0.1) is 0 Å². The van der Waals surface area contributed by atoms with Crippen LogP contribution in [0.25, 0.3) is 0 Å². The van der Waals surface area contributed by atoms with Gasteiger partial charge in [0.25, 0.3) is 0 Å². The zero-order valence-electron chi connectivity index (χ0n) is 18.5. The summed E-state index contributed by atoms with van der Waals surface area (Å²) < 4.78 is 28.9. The molecule has 0 aromatic heterocycles. The highest BCUT2D eigenvalue weighted by Gasteiger charge is 2.50. The second kappa shape index (κ2) is 11.3. The van der Waals surface area contributed by atoms with Crippen molar-refractivity contribution in [2.75, 3.05) is 40.6 Å². The van der Waals surface area contributed by atoms with Crippen molar-refractivity contribution in [1.82, 2.24) is 4.90 Å². The van der Waals surface area contributed by atoms with Crippen molar-refractivity contribution < 1.29 is 38.7 Å². The molecule has 6 atom stereocenters. The van der Waals surface area contributed by atoms with Crippen molar-refractivity contribution in [2.45, 2.75) is 64.1 Å². The number of aliphatic hydroxyl groups excluding tert-OH is 2. The average molecular weight is 430 g/mol. The molecule has 0 unspecified atom stereocenters. The first kappa shape index (κ1) is 24.9. The van der Waals surface area contributed by atoms with E-state index in [4.69, 9.17) is 23.7 Å². The van der Waals surface area contributed by atoms with E-state index in [9.17, 15) is 15.0 Å². The smallest absolute Gasteiger partial charge is 0.197 e. The van der Waals surface area contributed by atoms with Gasteiger partial charge in [0.2, 0.25) is 0 Å². The van der Waals surface area contributed by atoms with Gasteiger partial charge in [-0.3, -0.25) is 9.69 Å². The Bertz CT molecular complexity index is 634. The summed E-state index contributed by atoms with van der Waals surface area (Å²) >= 11 is 0. The Kier molecular flexibility index (Phi) is 9.42. The van der Waals surface area contributed by atoms with Gasteiger partial charge in [0.15, 0.2) is 18.3 Å². The standard InChI is InChI=1S/C21H35NO8/c1-12(14(3)24)18(25)13(2)17(7-9-23)29-11-16-19(15(4)26-5)30-20-21(27-6)28-10-8-22(16)20/h15-17,19-21,23,25H,1,7-11H2,2-6H3/b18-13-/t15-,16-,17-,19+,20+,21-/m0/s1. The lowest BCUT2D eigenvalue weighted by Crippen LogP contribution is -2.53. The number of fused-ring (bicyclic) bond motifs is 1. The number of carbonyl (C=O) groups is 1. The summed E-state index contributed by atoms with van der Waals surface area (Å²) in [4.78, 5) is 13.7. The van der Waals surface area contributed by atoms with Gasteiger partial charge in [-0.1, -0.05) is 6.58 Å². The second-order valence-electron chi connectivity index (χ2n) is 7.61. The Labute approximate surface area is 178 Å². The molecule has 30 heavy (non-hydrogen) atoms. The molecule has 2 heterocycles. The van der Waals surface area contributed by atoms with Crippen LogP contribution in [0.4, 0.5) is 0 Å². The fourth-order valence-electron chi connectivity index (χ4n) is 3.82. The van der Waals surface area contributed by atoms with Crippen LogP contribution in [0.1, 0.15) is 27.2 Å². The average Bonchev–Trinajstić information content (AvgIpc) is 3.12. The number of ketones is 1. The topological polar surface area (TPSA) is 107 Å². The quantitative estimate of drug-likeness (QED) is 0.284. The molecule has 2 aliphatic rings. The Morgan fingerprint density at radius 1 is 1.33 bits per heavy atom. The SMILES string of the molecule is C=C(C(C)=O)/C(O)=C(\C)[C@H](CCO)OC[C@H]1[C@@H]([C@H](C)OC)O[C@@H]2[C@@H](OC)OCCN21. The van der Waals surface area contributed by atoms with Gasteiger partial charge in [0, 0.05) is 33.8 Å². The van der Waals surface area contributed by atoms with E-state index < -0.39 is 12.4 Å². The summed E-state index contributed by atoms with van der Waals surface area (Å²) in [5, 5.41) is 19.9. The summed E-state index contributed by atoms with van der Waals surface area (Å²) in [6.45, 7) is 9.85. The minimum atomic E-state index is -0.581. The van der Waals surface area contributed by atoms with Crippen LogP contribution in [0.5, 0.6) is 0 Å². The van der Waals surface area contributed by atoms with E-state index in [0.717, 1.165) is 0 Å². The van der Waals surface area contributed by atoms with Gasteiger partial charge in [-0.05, 0) is 26.3 Å². The number of ether oxygens (including phenoxy) is 5. The minimum Gasteiger partial charge on any atom is -0.507 e. The lowest BCUT2D eigenvalue weighted by atomic mass is 10.0. The number of rotatable bonds is 11. The minimum absolute atomic E-state index is 0.0188. The Morgan fingerprint density at radius 3 is 2.60 bits per heavy atom. The van der Waals surface area contributed by atoms with E-state index in [1.54, 1.807) is 21.1 Å². The molecular formula is C21H35NO8. The largest absolute Gasteiger partial charge is 0.507 e. The zero-order valence-corrected chi connectivity index (χ0v) is 18.5. The van der Waals surface area contributed by atoms with Gasteiger partial charge in [0.05, 0.1) is 37.0 Å². The summed E-state index contributed by atoms with van der Waals surface area (Å²) in [6.07, 6.45) is -1.67. The molecule has 2 saturated heterocycles. The van der Waals surface area contributed by atoms with Gasteiger partial charge in [-0.15, -0.1) is 0 Å². The van der Waals surface area contributed by atoms with Gasteiger partial charge in [-0.25, -0.2) is 0 Å². The summed E-state index contributed by atoms with van der Waals surface area (Å²) in [5.41, 5.74) is 0.470. The van der Waals surface area contributed by atoms with Crippen LogP contribution >= 0.6 is 0 Å². The lowest BCUT2D eigenvalue weighted by molar-refractivity contribution is -0.247. The molecule has 0 bridgehead atoms. The number of methoxy groups -OCH3 is 2. The van der Waals surface area contributed by atoms with Crippen LogP contribution < -0.4 is 0 Å². The van der Waals surface area contributed by atoms with Crippen molar-refractivity contribution in [2.24, 2.45) is 0 Å². The van der Waals surface area contributed by atoms with Crippen molar-refractivity contribution in [3.63, 3.8) is 0 Å². The van der Waals surface area contributed by atoms with Gasteiger partial charge < -0.3 is 33.9 Å². The fraction of sp³-hybridized carbons (Fsp3) is 0.762. The van der Waals surface area contributed by atoms with E-state index in [0.29, 0.717) is 18.7 Å².